The molecule has 29 heavy (non-hydrogen) atoms. The minimum Gasteiger partial charge on any atom is -0.497 e. The zero-order valence-corrected chi connectivity index (χ0v) is 16.9. The molecule has 2 unspecified atom stereocenters. The Balaban J connectivity index is 1.53. The molecule has 5 heteroatoms. The van der Waals surface area contributed by atoms with Crippen molar-refractivity contribution in [1.29, 1.82) is 0 Å². The number of aromatic amines is 1. The van der Waals surface area contributed by atoms with Crippen LogP contribution < -0.4 is 9.47 Å². The van der Waals surface area contributed by atoms with E-state index in [1.807, 2.05) is 18.2 Å². The molecule has 1 fully saturated rings. The van der Waals surface area contributed by atoms with Gasteiger partial charge in [0.15, 0.2) is 0 Å². The predicted octanol–water partition coefficient (Wildman–Crippen LogP) is 4.26. The molecule has 5 nitrogen and oxygen atoms in total. The zero-order valence-electron chi connectivity index (χ0n) is 16.9. The second-order valence-corrected chi connectivity index (χ2v) is 8.06. The van der Waals surface area contributed by atoms with Gasteiger partial charge >= 0.3 is 0 Å². The summed E-state index contributed by atoms with van der Waals surface area (Å²) in [4.78, 5) is 18.5. The highest BCUT2D eigenvalue weighted by molar-refractivity contribution is 5.87. The van der Waals surface area contributed by atoms with Gasteiger partial charge in [-0.3, -0.25) is 4.79 Å². The van der Waals surface area contributed by atoms with E-state index < -0.39 is 0 Å². The van der Waals surface area contributed by atoms with Crippen LogP contribution in [0.1, 0.15) is 35.7 Å². The Morgan fingerprint density at radius 1 is 1.03 bits per heavy atom. The van der Waals surface area contributed by atoms with Crippen molar-refractivity contribution in [2.24, 2.45) is 5.92 Å². The summed E-state index contributed by atoms with van der Waals surface area (Å²) >= 11 is 0. The average Bonchev–Trinajstić information content (AvgIpc) is 3.14. The second-order valence-electron chi connectivity index (χ2n) is 8.06. The number of benzene rings is 2. The number of amides is 1. The molecule has 0 spiro atoms. The van der Waals surface area contributed by atoms with Gasteiger partial charge in [-0.1, -0.05) is 12.1 Å². The molecule has 1 saturated heterocycles. The standard InChI is InChI=1S/C24H26N2O3/c1-28-17-6-3-15(4-7-17)13-16-5-10-22(27)26-12-11-19-20-14-18(29-2)8-9-21(20)25-23(19)24(16)26/h3-4,6-9,14,16,24-25H,5,10-13H2,1-2H3. The van der Waals surface area contributed by atoms with E-state index in [0.717, 1.165) is 42.8 Å². The third-order valence-electron chi connectivity index (χ3n) is 6.53. The number of hydrogen-bond acceptors (Lipinski definition) is 3. The molecular formula is C24H26N2O3. The zero-order chi connectivity index (χ0) is 20.0. The van der Waals surface area contributed by atoms with Crippen LogP contribution in [0.4, 0.5) is 0 Å². The van der Waals surface area contributed by atoms with Gasteiger partial charge in [-0.25, -0.2) is 0 Å². The fourth-order valence-electron chi connectivity index (χ4n) is 5.08. The maximum atomic E-state index is 12.7. The second kappa shape index (κ2) is 7.14. The molecule has 0 aliphatic carbocycles. The van der Waals surface area contributed by atoms with Crippen molar-refractivity contribution >= 4 is 16.8 Å². The van der Waals surface area contributed by atoms with Crippen molar-refractivity contribution in [2.45, 2.75) is 31.7 Å². The van der Waals surface area contributed by atoms with E-state index in [2.05, 4.69) is 34.1 Å². The molecule has 3 aromatic rings. The van der Waals surface area contributed by atoms with Gasteiger partial charge in [0.1, 0.15) is 11.5 Å². The minimum atomic E-state index is 0.112. The Kier molecular flexibility index (Phi) is 4.46. The maximum absolute atomic E-state index is 12.7. The Morgan fingerprint density at radius 3 is 2.55 bits per heavy atom. The van der Waals surface area contributed by atoms with Crippen molar-refractivity contribution in [3.63, 3.8) is 0 Å². The van der Waals surface area contributed by atoms with Crippen molar-refractivity contribution in [3.8, 4) is 11.5 Å². The third kappa shape index (κ3) is 3.05. The monoisotopic (exact) mass is 390 g/mol. The Hall–Kier alpha value is -2.95. The van der Waals surface area contributed by atoms with E-state index in [1.165, 1.54) is 22.2 Å². The average molecular weight is 390 g/mol. The van der Waals surface area contributed by atoms with E-state index in [4.69, 9.17) is 9.47 Å². The van der Waals surface area contributed by atoms with Gasteiger partial charge in [0.05, 0.1) is 20.3 Å². The number of carbonyl (C=O) groups is 1. The largest absolute Gasteiger partial charge is 0.497 e. The highest BCUT2D eigenvalue weighted by atomic mass is 16.5. The molecule has 5 rings (SSSR count). The van der Waals surface area contributed by atoms with Gasteiger partial charge < -0.3 is 19.4 Å². The van der Waals surface area contributed by atoms with Gasteiger partial charge in [-0.15, -0.1) is 0 Å². The van der Waals surface area contributed by atoms with Crippen LogP contribution in [0.25, 0.3) is 10.9 Å². The van der Waals surface area contributed by atoms with Crippen molar-refractivity contribution < 1.29 is 14.3 Å². The lowest BCUT2D eigenvalue weighted by Crippen LogP contribution is -2.47. The highest BCUT2D eigenvalue weighted by Crippen LogP contribution is 2.44. The summed E-state index contributed by atoms with van der Waals surface area (Å²) in [6.45, 7) is 0.791. The smallest absolute Gasteiger partial charge is 0.223 e. The fraction of sp³-hybridized carbons (Fsp3) is 0.375. The molecule has 1 amide bonds. The van der Waals surface area contributed by atoms with E-state index in [-0.39, 0.29) is 11.9 Å². The molecule has 0 bridgehead atoms. The maximum Gasteiger partial charge on any atom is 0.223 e. The summed E-state index contributed by atoms with van der Waals surface area (Å²) in [5, 5.41) is 1.22. The fourth-order valence-corrected chi connectivity index (χ4v) is 5.08. The number of carbonyl (C=O) groups excluding carboxylic acids is 1. The van der Waals surface area contributed by atoms with Crippen molar-refractivity contribution in [1.82, 2.24) is 9.88 Å². The van der Waals surface area contributed by atoms with Gasteiger partial charge in [-0.2, -0.15) is 0 Å². The number of nitrogens with one attached hydrogen (secondary N) is 1. The molecule has 1 aromatic heterocycles. The summed E-state index contributed by atoms with van der Waals surface area (Å²) in [5.74, 6) is 2.42. The van der Waals surface area contributed by atoms with Gasteiger partial charge in [-0.05, 0) is 66.6 Å². The number of H-pyrrole nitrogens is 1. The highest BCUT2D eigenvalue weighted by Gasteiger charge is 2.41. The number of fused-ring (bicyclic) bond motifs is 5. The molecule has 3 heterocycles. The predicted molar refractivity (Wildman–Crippen MR) is 112 cm³/mol. The van der Waals surface area contributed by atoms with E-state index in [0.29, 0.717) is 12.3 Å². The Bertz CT molecular complexity index is 1050. The normalized spacial score (nSPS) is 21.0. The number of hydrogen-bond donors (Lipinski definition) is 1. The first-order valence-electron chi connectivity index (χ1n) is 10.3. The number of aromatic nitrogens is 1. The minimum absolute atomic E-state index is 0.112. The van der Waals surface area contributed by atoms with Gasteiger partial charge in [0, 0.05) is 29.6 Å². The van der Waals surface area contributed by atoms with Gasteiger partial charge in [0.25, 0.3) is 0 Å². The number of piperidine rings is 1. The molecule has 2 aromatic carbocycles. The van der Waals surface area contributed by atoms with Crippen LogP contribution in [0.3, 0.4) is 0 Å². The number of nitrogens with zero attached hydrogens (tertiary/aromatic N) is 1. The first-order valence-corrected chi connectivity index (χ1v) is 10.3. The molecule has 2 atom stereocenters. The van der Waals surface area contributed by atoms with E-state index in [1.54, 1.807) is 14.2 Å². The Labute approximate surface area is 170 Å². The quantitative estimate of drug-likeness (QED) is 0.724. The lowest BCUT2D eigenvalue weighted by atomic mass is 9.79. The molecule has 0 saturated carbocycles. The SMILES string of the molecule is COc1ccc(CC2CCC(=O)N3CCc4c([nH]c5ccc(OC)cc45)C23)cc1. The Morgan fingerprint density at radius 2 is 1.79 bits per heavy atom. The van der Waals surface area contributed by atoms with Crippen LogP contribution in [-0.4, -0.2) is 36.6 Å². The van der Waals surface area contributed by atoms with Crippen LogP contribution in [-0.2, 0) is 17.6 Å². The topological polar surface area (TPSA) is 54.6 Å². The molecular weight excluding hydrogens is 364 g/mol. The molecule has 150 valence electrons. The lowest BCUT2D eigenvalue weighted by Gasteiger charge is -2.44. The number of methoxy groups -OCH3 is 2. The van der Waals surface area contributed by atoms with E-state index in [9.17, 15) is 4.79 Å². The van der Waals surface area contributed by atoms with Gasteiger partial charge in [0.2, 0.25) is 5.91 Å². The molecule has 1 N–H and O–H groups in total. The first-order chi connectivity index (χ1) is 14.2. The molecule has 2 aliphatic heterocycles. The van der Waals surface area contributed by atoms with Crippen LogP contribution in [0.5, 0.6) is 11.5 Å². The van der Waals surface area contributed by atoms with Crippen molar-refractivity contribution in [3.05, 3.63) is 59.3 Å². The van der Waals surface area contributed by atoms with Crippen LogP contribution in [0, 0.1) is 5.92 Å². The summed E-state index contributed by atoms with van der Waals surface area (Å²) in [6, 6.07) is 14.6. The van der Waals surface area contributed by atoms with Crippen LogP contribution in [0.15, 0.2) is 42.5 Å². The number of ether oxygens (including phenoxy) is 2. The van der Waals surface area contributed by atoms with Crippen LogP contribution in [0.2, 0.25) is 0 Å². The summed E-state index contributed by atoms with van der Waals surface area (Å²) in [6.07, 6.45) is 3.40. The summed E-state index contributed by atoms with van der Waals surface area (Å²) < 4.78 is 10.7. The first kappa shape index (κ1) is 18.1. The molecule has 0 radical (unpaired) electrons. The molecule has 2 aliphatic rings. The number of rotatable bonds is 4. The van der Waals surface area contributed by atoms with E-state index >= 15 is 0 Å². The van der Waals surface area contributed by atoms with Crippen LogP contribution >= 0.6 is 0 Å². The summed E-state index contributed by atoms with van der Waals surface area (Å²) in [5.41, 5.74) is 4.97. The lowest BCUT2D eigenvalue weighted by molar-refractivity contribution is -0.139. The van der Waals surface area contributed by atoms with Crippen molar-refractivity contribution in [2.75, 3.05) is 20.8 Å². The third-order valence-corrected chi connectivity index (χ3v) is 6.53. The summed E-state index contributed by atoms with van der Waals surface area (Å²) in [7, 11) is 3.39.